The predicted octanol–water partition coefficient (Wildman–Crippen LogP) is 1.69. The van der Waals surface area contributed by atoms with E-state index in [1.807, 2.05) is 36.7 Å². The van der Waals surface area contributed by atoms with E-state index in [4.69, 9.17) is 4.74 Å². The van der Waals surface area contributed by atoms with Crippen LogP contribution in [0.3, 0.4) is 0 Å². The Labute approximate surface area is 149 Å². The fourth-order valence-corrected chi connectivity index (χ4v) is 3.40. The number of anilines is 1. The SMILES string of the molecule is COc1ccc(N2CCN(CC(O)Cn3nc(C)cc3C)CC2)cc1. The first-order valence-corrected chi connectivity index (χ1v) is 8.85. The lowest BCUT2D eigenvalue weighted by molar-refractivity contribution is 0.0914. The number of methoxy groups -OCH3 is 1. The number of hydrogen-bond acceptors (Lipinski definition) is 5. The van der Waals surface area contributed by atoms with Crippen molar-refractivity contribution >= 4 is 5.69 Å². The third-order valence-electron chi connectivity index (χ3n) is 4.77. The third kappa shape index (κ3) is 4.52. The monoisotopic (exact) mass is 344 g/mol. The summed E-state index contributed by atoms with van der Waals surface area (Å²) in [6, 6.07) is 10.2. The zero-order valence-corrected chi connectivity index (χ0v) is 15.4. The Morgan fingerprint density at radius 2 is 1.76 bits per heavy atom. The summed E-state index contributed by atoms with van der Waals surface area (Å²) in [7, 11) is 1.69. The van der Waals surface area contributed by atoms with Crippen molar-refractivity contribution in [1.29, 1.82) is 0 Å². The van der Waals surface area contributed by atoms with Crippen LogP contribution in [0.25, 0.3) is 0 Å². The second kappa shape index (κ2) is 7.89. The lowest BCUT2D eigenvalue weighted by atomic mass is 10.2. The maximum absolute atomic E-state index is 10.4. The van der Waals surface area contributed by atoms with Crippen LogP contribution in [-0.4, -0.2) is 65.7 Å². The molecule has 1 saturated heterocycles. The molecule has 1 N–H and O–H groups in total. The molecule has 0 saturated carbocycles. The number of aryl methyl sites for hydroxylation is 2. The quantitative estimate of drug-likeness (QED) is 0.864. The average molecular weight is 344 g/mol. The molecular weight excluding hydrogens is 316 g/mol. The molecule has 1 aliphatic rings. The van der Waals surface area contributed by atoms with Crippen LogP contribution in [0.15, 0.2) is 30.3 Å². The van der Waals surface area contributed by atoms with Crippen LogP contribution in [0, 0.1) is 13.8 Å². The van der Waals surface area contributed by atoms with Crippen molar-refractivity contribution < 1.29 is 9.84 Å². The number of β-amino-alcohol motifs (C(OH)–C–C–N with tert-alkyl or cyclic N) is 1. The molecule has 6 nitrogen and oxygen atoms in total. The summed E-state index contributed by atoms with van der Waals surface area (Å²) in [5.41, 5.74) is 3.32. The predicted molar refractivity (Wildman–Crippen MR) is 99.4 cm³/mol. The van der Waals surface area contributed by atoms with Crippen LogP contribution >= 0.6 is 0 Å². The number of aliphatic hydroxyl groups is 1. The van der Waals surface area contributed by atoms with Crippen molar-refractivity contribution in [3.8, 4) is 5.75 Å². The molecule has 0 spiro atoms. The fourth-order valence-electron chi connectivity index (χ4n) is 3.40. The molecule has 3 rings (SSSR count). The van der Waals surface area contributed by atoms with Gasteiger partial charge in [-0.25, -0.2) is 0 Å². The Balaban J connectivity index is 1.47. The molecule has 25 heavy (non-hydrogen) atoms. The Hall–Kier alpha value is -2.05. The molecule has 1 atom stereocenters. The summed E-state index contributed by atoms with van der Waals surface area (Å²) in [6.45, 7) is 9.11. The van der Waals surface area contributed by atoms with Crippen LogP contribution in [0.2, 0.25) is 0 Å². The van der Waals surface area contributed by atoms with E-state index in [0.717, 1.165) is 43.3 Å². The summed E-state index contributed by atoms with van der Waals surface area (Å²) >= 11 is 0. The molecule has 2 heterocycles. The Morgan fingerprint density at radius 1 is 1.08 bits per heavy atom. The lowest BCUT2D eigenvalue weighted by Crippen LogP contribution is -2.49. The number of piperazine rings is 1. The number of aromatic nitrogens is 2. The molecule has 1 aromatic carbocycles. The number of benzene rings is 1. The summed E-state index contributed by atoms with van der Waals surface area (Å²) in [6.07, 6.45) is -0.398. The highest BCUT2D eigenvalue weighted by atomic mass is 16.5. The van der Waals surface area contributed by atoms with Crippen LogP contribution < -0.4 is 9.64 Å². The van der Waals surface area contributed by atoms with E-state index in [-0.39, 0.29) is 0 Å². The smallest absolute Gasteiger partial charge is 0.119 e. The van der Waals surface area contributed by atoms with Gasteiger partial charge in [0.15, 0.2) is 0 Å². The van der Waals surface area contributed by atoms with Gasteiger partial charge in [-0.05, 0) is 44.2 Å². The van der Waals surface area contributed by atoms with Crippen molar-refractivity contribution in [2.75, 3.05) is 44.7 Å². The van der Waals surface area contributed by atoms with E-state index in [2.05, 4.69) is 27.0 Å². The molecule has 1 aliphatic heterocycles. The standard InChI is InChI=1S/C19H28N4O2/c1-15-12-16(2)23(20-15)14-18(24)13-21-8-10-22(11-9-21)17-4-6-19(25-3)7-5-17/h4-7,12,18,24H,8-11,13-14H2,1-3H3. The number of nitrogens with zero attached hydrogens (tertiary/aromatic N) is 4. The maximum atomic E-state index is 10.4. The fraction of sp³-hybridized carbons (Fsp3) is 0.526. The maximum Gasteiger partial charge on any atom is 0.119 e. The molecule has 6 heteroatoms. The molecule has 1 unspecified atom stereocenters. The first-order chi connectivity index (χ1) is 12.0. The number of aliphatic hydroxyl groups excluding tert-OH is 1. The zero-order chi connectivity index (χ0) is 17.8. The molecule has 0 radical (unpaired) electrons. The second-order valence-corrected chi connectivity index (χ2v) is 6.75. The Morgan fingerprint density at radius 3 is 2.32 bits per heavy atom. The van der Waals surface area contributed by atoms with Gasteiger partial charge in [0, 0.05) is 44.1 Å². The van der Waals surface area contributed by atoms with Gasteiger partial charge in [0.1, 0.15) is 5.75 Å². The Kier molecular flexibility index (Phi) is 5.60. The second-order valence-electron chi connectivity index (χ2n) is 6.75. The van der Waals surface area contributed by atoms with Gasteiger partial charge in [-0.2, -0.15) is 5.10 Å². The number of rotatable bonds is 6. The highest BCUT2D eigenvalue weighted by molar-refractivity contribution is 5.49. The summed E-state index contributed by atoms with van der Waals surface area (Å²) in [5.74, 6) is 0.884. The van der Waals surface area contributed by atoms with Crippen LogP contribution in [0.4, 0.5) is 5.69 Å². The van der Waals surface area contributed by atoms with Gasteiger partial charge in [-0.3, -0.25) is 9.58 Å². The molecule has 0 bridgehead atoms. The topological polar surface area (TPSA) is 53.8 Å². The van der Waals surface area contributed by atoms with Crippen molar-refractivity contribution in [2.24, 2.45) is 0 Å². The highest BCUT2D eigenvalue weighted by Crippen LogP contribution is 2.20. The highest BCUT2D eigenvalue weighted by Gasteiger charge is 2.20. The van der Waals surface area contributed by atoms with Crippen molar-refractivity contribution in [2.45, 2.75) is 26.5 Å². The van der Waals surface area contributed by atoms with Crippen molar-refractivity contribution in [1.82, 2.24) is 14.7 Å². The first-order valence-electron chi connectivity index (χ1n) is 8.85. The van der Waals surface area contributed by atoms with E-state index in [1.54, 1.807) is 7.11 Å². The Bertz CT molecular complexity index is 675. The van der Waals surface area contributed by atoms with Crippen molar-refractivity contribution in [3.63, 3.8) is 0 Å². The first kappa shape index (κ1) is 17.8. The summed E-state index contributed by atoms with van der Waals surface area (Å²) in [4.78, 5) is 4.71. The average Bonchev–Trinajstić information content (AvgIpc) is 2.92. The zero-order valence-electron chi connectivity index (χ0n) is 15.4. The summed E-state index contributed by atoms with van der Waals surface area (Å²) < 4.78 is 7.11. The number of hydrogen-bond donors (Lipinski definition) is 1. The molecule has 2 aromatic rings. The molecular formula is C19H28N4O2. The van der Waals surface area contributed by atoms with Gasteiger partial charge in [0.25, 0.3) is 0 Å². The van der Waals surface area contributed by atoms with Gasteiger partial charge in [0.2, 0.25) is 0 Å². The summed E-state index contributed by atoms with van der Waals surface area (Å²) in [5, 5.41) is 14.8. The van der Waals surface area contributed by atoms with Gasteiger partial charge >= 0.3 is 0 Å². The molecule has 0 aliphatic carbocycles. The van der Waals surface area contributed by atoms with E-state index in [0.29, 0.717) is 13.1 Å². The minimum absolute atomic E-state index is 0.398. The molecule has 1 fully saturated rings. The van der Waals surface area contributed by atoms with E-state index in [1.165, 1.54) is 5.69 Å². The van der Waals surface area contributed by atoms with Crippen LogP contribution in [0.5, 0.6) is 5.75 Å². The normalized spacial score (nSPS) is 16.9. The van der Waals surface area contributed by atoms with Gasteiger partial charge in [-0.15, -0.1) is 0 Å². The molecule has 1 aromatic heterocycles. The lowest BCUT2D eigenvalue weighted by Gasteiger charge is -2.37. The van der Waals surface area contributed by atoms with Gasteiger partial charge in [0.05, 0.1) is 25.5 Å². The largest absolute Gasteiger partial charge is 0.497 e. The van der Waals surface area contributed by atoms with E-state index in [9.17, 15) is 5.11 Å². The van der Waals surface area contributed by atoms with E-state index >= 15 is 0 Å². The van der Waals surface area contributed by atoms with Crippen molar-refractivity contribution in [3.05, 3.63) is 41.7 Å². The van der Waals surface area contributed by atoms with E-state index < -0.39 is 6.10 Å². The minimum Gasteiger partial charge on any atom is -0.497 e. The van der Waals surface area contributed by atoms with Gasteiger partial charge in [-0.1, -0.05) is 0 Å². The third-order valence-corrected chi connectivity index (χ3v) is 4.77. The molecule has 0 amide bonds. The minimum atomic E-state index is -0.398. The van der Waals surface area contributed by atoms with Crippen LogP contribution in [-0.2, 0) is 6.54 Å². The molecule has 136 valence electrons. The van der Waals surface area contributed by atoms with Crippen LogP contribution in [0.1, 0.15) is 11.4 Å². The number of ether oxygens (including phenoxy) is 1. The van der Waals surface area contributed by atoms with Gasteiger partial charge < -0.3 is 14.7 Å².